The summed E-state index contributed by atoms with van der Waals surface area (Å²) in [7, 11) is 0. The Balaban J connectivity index is 1.71. The molecule has 2 N–H and O–H groups in total. The highest BCUT2D eigenvalue weighted by atomic mass is 16.3. The first-order chi connectivity index (χ1) is 10.6. The normalized spacial score (nSPS) is 21.9. The molecule has 0 radical (unpaired) electrons. The first kappa shape index (κ1) is 14.7. The number of aliphatic hydroxyl groups is 1. The van der Waals surface area contributed by atoms with E-state index in [-0.39, 0.29) is 29.7 Å². The number of hydrogen-bond donors (Lipinski definition) is 2. The van der Waals surface area contributed by atoms with Crippen LogP contribution >= 0.6 is 0 Å². The number of aromatic nitrogens is 2. The summed E-state index contributed by atoms with van der Waals surface area (Å²) < 4.78 is 5.15. The second-order valence-corrected chi connectivity index (χ2v) is 5.79. The Morgan fingerprint density at radius 1 is 1.45 bits per heavy atom. The standard InChI is InChI=1S/C16H19N3O3/c1-10-15(22-9-18-10)16(21)19-14(12-7-13(20)8-12)6-11-2-4-17-5-3-11/h2-5,9,12-14,20H,6-8H2,1H3,(H,19,21)/t12?,13?,14-/m1/s1. The lowest BCUT2D eigenvalue weighted by atomic mass is 9.75. The molecule has 0 bridgehead atoms. The zero-order chi connectivity index (χ0) is 15.5. The third kappa shape index (κ3) is 3.17. The van der Waals surface area contributed by atoms with Crippen molar-refractivity contribution in [2.45, 2.75) is 38.3 Å². The molecule has 2 aromatic heterocycles. The van der Waals surface area contributed by atoms with Crippen LogP contribution in [0.5, 0.6) is 0 Å². The average Bonchev–Trinajstić information content (AvgIpc) is 2.91. The van der Waals surface area contributed by atoms with Gasteiger partial charge in [0.25, 0.3) is 5.91 Å². The summed E-state index contributed by atoms with van der Waals surface area (Å²) >= 11 is 0. The van der Waals surface area contributed by atoms with Gasteiger partial charge in [0.1, 0.15) is 0 Å². The van der Waals surface area contributed by atoms with Crippen LogP contribution in [0.1, 0.15) is 34.7 Å². The van der Waals surface area contributed by atoms with Gasteiger partial charge in [0.15, 0.2) is 6.39 Å². The largest absolute Gasteiger partial charge is 0.438 e. The number of aliphatic hydroxyl groups excluding tert-OH is 1. The minimum absolute atomic E-state index is 0.0391. The third-order valence-corrected chi connectivity index (χ3v) is 4.19. The Bertz CT molecular complexity index is 635. The number of oxazole rings is 1. The van der Waals surface area contributed by atoms with E-state index < -0.39 is 0 Å². The number of carbonyl (C=O) groups is 1. The van der Waals surface area contributed by atoms with Gasteiger partial charge in [-0.3, -0.25) is 9.78 Å². The molecular weight excluding hydrogens is 282 g/mol. The number of hydrogen-bond acceptors (Lipinski definition) is 5. The van der Waals surface area contributed by atoms with Crippen molar-refractivity contribution in [3.63, 3.8) is 0 Å². The number of nitrogens with zero attached hydrogens (tertiary/aromatic N) is 2. The Morgan fingerprint density at radius 2 is 2.18 bits per heavy atom. The predicted octanol–water partition coefficient (Wildman–Crippen LogP) is 1.49. The molecule has 0 aliphatic heterocycles. The van der Waals surface area contributed by atoms with Crippen molar-refractivity contribution in [2.75, 3.05) is 0 Å². The smallest absolute Gasteiger partial charge is 0.289 e. The zero-order valence-electron chi connectivity index (χ0n) is 12.4. The summed E-state index contributed by atoms with van der Waals surface area (Å²) in [6.45, 7) is 1.74. The lowest BCUT2D eigenvalue weighted by molar-refractivity contribution is 0.0236. The summed E-state index contributed by atoms with van der Waals surface area (Å²) in [6, 6.07) is 3.84. The summed E-state index contributed by atoms with van der Waals surface area (Å²) in [5, 5.41) is 12.6. The maximum absolute atomic E-state index is 12.3. The van der Waals surface area contributed by atoms with Crippen molar-refractivity contribution in [1.29, 1.82) is 0 Å². The van der Waals surface area contributed by atoms with E-state index in [0.29, 0.717) is 25.0 Å². The molecule has 22 heavy (non-hydrogen) atoms. The number of aryl methyl sites for hydroxylation is 1. The fraction of sp³-hybridized carbons (Fsp3) is 0.438. The van der Waals surface area contributed by atoms with Gasteiger partial charge in [-0.25, -0.2) is 4.98 Å². The second kappa shape index (κ2) is 6.27. The molecule has 6 nitrogen and oxygen atoms in total. The predicted molar refractivity (Wildman–Crippen MR) is 79.2 cm³/mol. The van der Waals surface area contributed by atoms with Gasteiger partial charge in [0.05, 0.1) is 11.8 Å². The van der Waals surface area contributed by atoms with E-state index in [4.69, 9.17) is 4.42 Å². The van der Waals surface area contributed by atoms with Gasteiger partial charge < -0.3 is 14.8 Å². The van der Waals surface area contributed by atoms with Gasteiger partial charge in [-0.2, -0.15) is 0 Å². The maximum Gasteiger partial charge on any atom is 0.289 e. The lowest BCUT2D eigenvalue weighted by Crippen LogP contribution is -2.48. The third-order valence-electron chi connectivity index (χ3n) is 4.19. The quantitative estimate of drug-likeness (QED) is 0.873. The average molecular weight is 301 g/mol. The lowest BCUT2D eigenvalue weighted by Gasteiger charge is -2.38. The molecule has 1 amide bonds. The highest BCUT2D eigenvalue weighted by molar-refractivity contribution is 5.92. The van der Waals surface area contributed by atoms with Crippen LogP contribution in [0.15, 0.2) is 35.3 Å². The first-order valence-corrected chi connectivity index (χ1v) is 7.41. The highest BCUT2D eigenvalue weighted by Gasteiger charge is 2.35. The molecule has 1 aliphatic rings. The second-order valence-electron chi connectivity index (χ2n) is 5.79. The van der Waals surface area contributed by atoms with Crippen molar-refractivity contribution in [1.82, 2.24) is 15.3 Å². The fourth-order valence-corrected chi connectivity index (χ4v) is 2.82. The number of amides is 1. The van der Waals surface area contributed by atoms with Crippen molar-refractivity contribution in [3.05, 3.63) is 47.9 Å². The molecule has 0 aromatic carbocycles. The van der Waals surface area contributed by atoms with Crippen LogP contribution in [0.4, 0.5) is 0 Å². The van der Waals surface area contributed by atoms with E-state index in [9.17, 15) is 9.90 Å². The Morgan fingerprint density at radius 3 is 2.77 bits per heavy atom. The monoisotopic (exact) mass is 301 g/mol. The van der Waals surface area contributed by atoms with Crippen LogP contribution in [0, 0.1) is 12.8 Å². The van der Waals surface area contributed by atoms with E-state index in [0.717, 1.165) is 5.56 Å². The fourth-order valence-electron chi connectivity index (χ4n) is 2.82. The summed E-state index contributed by atoms with van der Waals surface area (Å²) in [5.74, 6) is 0.269. The van der Waals surface area contributed by atoms with Gasteiger partial charge in [0.2, 0.25) is 5.76 Å². The Labute approximate surface area is 128 Å². The summed E-state index contributed by atoms with van der Waals surface area (Å²) in [4.78, 5) is 20.3. The molecule has 6 heteroatoms. The van der Waals surface area contributed by atoms with E-state index in [2.05, 4.69) is 15.3 Å². The molecule has 116 valence electrons. The molecule has 3 rings (SSSR count). The molecular formula is C16H19N3O3. The van der Waals surface area contributed by atoms with Crippen LogP contribution in [0.3, 0.4) is 0 Å². The van der Waals surface area contributed by atoms with Crippen LogP contribution < -0.4 is 5.32 Å². The van der Waals surface area contributed by atoms with Crippen molar-refractivity contribution in [3.8, 4) is 0 Å². The molecule has 2 heterocycles. The van der Waals surface area contributed by atoms with Gasteiger partial charge in [-0.1, -0.05) is 0 Å². The van der Waals surface area contributed by atoms with Crippen LogP contribution in [0.2, 0.25) is 0 Å². The molecule has 2 aromatic rings. The molecule has 1 saturated carbocycles. The Kier molecular flexibility index (Phi) is 4.20. The molecule has 1 aliphatic carbocycles. The van der Waals surface area contributed by atoms with E-state index >= 15 is 0 Å². The summed E-state index contributed by atoms with van der Waals surface area (Å²) in [5.41, 5.74) is 1.68. The number of carbonyl (C=O) groups excluding carboxylic acids is 1. The molecule has 0 spiro atoms. The minimum Gasteiger partial charge on any atom is -0.438 e. The SMILES string of the molecule is Cc1ncoc1C(=O)N[C@H](Cc1ccncc1)C1CC(O)C1. The van der Waals surface area contributed by atoms with Gasteiger partial charge in [-0.15, -0.1) is 0 Å². The van der Waals surface area contributed by atoms with Crippen LogP contribution in [0.25, 0.3) is 0 Å². The van der Waals surface area contributed by atoms with Crippen molar-refractivity contribution >= 4 is 5.91 Å². The van der Waals surface area contributed by atoms with Crippen LogP contribution in [-0.4, -0.2) is 33.1 Å². The number of nitrogens with one attached hydrogen (secondary N) is 1. The van der Waals surface area contributed by atoms with Gasteiger partial charge >= 0.3 is 0 Å². The van der Waals surface area contributed by atoms with E-state index in [1.807, 2.05) is 12.1 Å². The Hall–Kier alpha value is -2.21. The first-order valence-electron chi connectivity index (χ1n) is 7.41. The topological polar surface area (TPSA) is 88.3 Å². The summed E-state index contributed by atoms with van der Waals surface area (Å²) in [6.07, 6.45) is 6.63. The van der Waals surface area contributed by atoms with E-state index in [1.54, 1.807) is 19.3 Å². The number of pyridine rings is 1. The number of rotatable bonds is 5. The van der Waals surface area contributed by atoms with Crippen LogP contribution in [-0.2, 0) is 6.42 Å². The molecule has 1 fully saturated rings. The molecule has 0 unspecified atom stereocenters. The molecule has 1 atom stereocenters. The minimum atomic E-state index is -0.256. The van der Waals surface area contributed by atoms with E-state index in [1.165, 1.54) is 6.39 Å². The highest BCUT2D eigenvalue weighted by Crippen LogP contribution is 2.32. The zero-order valence-corrected chi connectivity index (χ0v) is 12.4. The maximum atomic E-state index is 12.3. The van der Waals surface area contributed by atoms with Crippen molar-refractivity contribution < 1.29 is 14.3 Å². The van der Waals surface area contributed by atoms with Gasteiger partial charge in [-0.05, 0) is 49.8 Å². The molecule has 0 saturated heterocycles. The van der Waals surface area contributed by atoms with Gasteiger partial charge in [0, 0.05) is 18.4 Å². The van der Waals surface area contributed by atoms with Crippen molar-refractivity contribution in [2.24, 2.45) is 5.92 Å².